The van der Waals surface area contributed by atoms with Gasteiger partial charge in [-0.15, -0.1) is 0 Å². The van der Waals surface area contributed by atoms with Crippen LogP contribution in [0, 0.1) is 17.8 Å². The third kappa shape index (κ3) is 5.18. The minimum atomic E-state index is -0.405. The molecule has 2 saturated carbocycles. The first-order chi connectivity index (χ1) is 10.2. The lowest BCUT2D eigenvalue weighted by molar-refractivity contribution is -0.145. The zero-order valence-electron chi connectivity index (χ0n) is 12.7. The van der Waals surface area contributed by atoms with Crippen LogP contribution in [-0.2, 0) is 19.1 Å². The Morgan fingerprint density at radius 2 is 1.86 bits per heavy atom. The second kappa shape index (κ2) is 8.20. The predicted molar refractivity (Wildman–Crippen MR) is 79.5 cm³/mol. The fourth-order valence-corrected chi connectivity index (χ4v) is 3.73. The van der Waals surface area contributed by atoms with Gasteiger partial charge in [-0.3, -0.25) is 4.79 Å². The molecule has 0 aromatic heterocycles. The molecule has 118 valence electrons. The highest BCUT2D eigenvalue weighted by Crippen LogP contribution is 2.49. The van der Waals surface area contributed by atoms with Gasteiger partial charge in [-0.05, 0) is 56.3 Å². The SMILES string of the molecule is C=CC(=O)OCCCCOC(=O)CCC1CC2CCC1C2. The van der Waals surface area contributed by atoms with E-state index < -0.39 is 5.97 Å². The van der Waals surface area contributed by atoms with Crippen LogP contribution in [0.4, 0.5) is 0 Å². The van der Waals surface area contributed by atoms with Crippen molar-refractivity contribution in [2.75, 3.05) is 13.2 Å². The topological polar surface area (TPSA) is 52.6 Å². The maximum Gasteiger partial charge on any atom is 0.330 e. The summed E-state index contributed by atoms with van der Waals surface area (Å²) < 4.78 is 10.1. The fourth-order valence-electron chi connectivity index (χ4n) is 3.73. The van der Waals surface area contributed by atoms with Crippen molar-refractivity contribution in [2.24, 2.45) is 17.8 Å². The van der Waals surface area contributed by atoms with Crippen LogP contribution in [0.1, 0.15) is 51.4 Å². The first-order valence-electron chi connectivity index (χ1n) is 8.14. The van der Waals surface area contributed by atoms with E-state index >= 15 is 0 Å². The molecule has 0 aromatic carbocycles. The molecule has 0 aliphatic heterocycles. The number of hydrogen-bond acceptors (Lipinski definition) is 4. The minimum absolute atomic E-state index is 0.0825. The predicted octanol–water partition coefficient (Wildman–Crippen LogP) is 3.26. The van der Waals surface area contributed by atoms with Gasteiger partial charge in [-0.25, -0.2) is 4.79 Å². The molecule has 4 heteroatoms. The summed E-state index contributed by atoms with van der Waals surface area (Å²) in [5.41, 5.74) is 0. The Morgan fingerprint density at radius 3 is 2.48 bits per heavy atom. The highest BCUT2D eigenvalue weighted by Gasteiger charge is 2.39. The fraction of sp³-hybridized carbons (Fsp3) is 0.765. The molecule has 0 spiro atoms. The first-order valence-corrected chi connectivity index (χ1v) is 8.14. The van der Waals surface area contributed by atoms with Crippen molar-refractivity contribution in [1.29, 1.82) is 0 Å². The zero-order chi connectivity index (χ0) is 15.1. The molecule has 2 bridgehead atoms. The summed E-state index contributed by atoms with van der Waals surface area (Å²) >= 11 is 0. The van der Waals surface area contributed by atoms with Gasteiger partial charge in [0.15, 0.2) is 0 Å². The first kappa shape index (κ1) is 16.1. The van der Waals surface area contributed by atoms with Gasteiger partial charge in [0.25, 0.3) is 0 Å². The van der Waals surface area contributed by atoms with Gasteiger partial charge in [-0.1, -0.05) is 13.0 Å². The molecule has 3 unspecified atom stereocenters. The van der Waals surface area contributed by atoms with E-state index in [0.29, 0.717) is 26.1 Å². The van der Waals surface area contributed by atoms with Gasteiger partial charge in [-0.2, -0.15) is 0 Å². The van der Waals surface area contributed by atoms with Crippen molar-refractivity contribution in [1.82, 2.24) is 0 Å². The lowest BCUT2D eigenvalue weighted by Crippen LogP contribution is -2.14. The summed E-state index contributed by atoms with van der Waals surface area (Å²) in [6.07, 6.45) is 9.63. The molecule has 21 heavy (non-hydrogen) atoms. The van der Waals surface area contributed by atoms with Gasteiger partial charge in [0, 0.05) is 12.5 Å². The highest BCUT2D eigenvalue weighted by atomic mass is 16.5. The van der Waals surface area contributed by atoms with Gasteiger partial charge >= 0.3 is 11.9 Å². The van der Waals surface area contributed by atoms with E-state index in [1.165, 1.54) is 25.7 Å². The van der Waals surface area contributed by atoms with E-state index in [9.17, 15) is 9.59 Å². The summed E-state index contributed by atoms with van der Waals surface area (Å²) in [5, 5.41) is 0. The van der Waals surface area contributed by atoms with Crippen LogP contribution in [0.2, 0.25) is 0 Å². The summed E-state index contributed by atoms with van der Waals surface area (Å²) in [6.45, 7) is 4.09. The molecule has 0 heterocycles. The number of ether oxygens (including phenoxy) is 2. The van der Waals surface area contributed by atoms with Gasteiger partial charge in [0.1, 0.15) is 0 Å². The van der Waals surface area contributed by atoms with E-state index in [-0.39, 0.29) is 5.97 Å². The van der Waals surface area contributed by atoms with E-state index in [1.807, 2.05) is 0 Å². The van der Waals surface area contributed by atoms with Crippen LogP contribution in [-0.4, -0.2) is 25.2 Å². The number of carbonyl (C=O) groups is 2. The number of esters is 2. The van der Waals surface area contributed by atoms with Crippen molar-refractivity contribution < 1.29 is 19.1 Å². The van der Waals surface area contributed by atoms with Crippen molar-refractivity contribution in [2.45, 2.75) is 51.4 Å². The average molecular weight is 294 g/mol. The third-order valence-electron chi connectivity index (χ3n) is 4.82. The number of unbranched alkanes of at least 4 members (excludes halogenated alkanes) is 1. The number of carbonyl (C=O) groups excluding carboxylic acids is 2. The van der Waals surface area contributed by atoms with Crippen LogP contribution in [0.25, 0.3) is 0 Å². The summed E-state index contributed by atoms with van der Waals surface area (Å²) in [4.78, 5) is 22.5. The number of fused-ring (bicyclic) bond motifs is 2. The zero-order valence-corrected chi connectivity index (χ0v) is 12.7. The quantitative estimate of drug-likeness (QED) is 0.372. The highest BCUT2D eigenvalue weighted by molar-refractivity contribution is 5.81. The normalized spacial score (nSPS) is 26.6. The van der Waals surface area contributed by atoms with E-state index in [1.54, 1.807) is 0 Å². The second-order valence-corrected chi connectivity index (χ2v) is 6.27. The monoisotopic (exact) mass is 294 g/mol. The Hall–Kier alpha value is -1.32. The second-order valence-electron chi connectivity index (χ2n) is 6.27. The molecular weight excluding hydrogens is 268 g/mol. The van der Waals surface area contributed by atoms with E-state index in [4.69, 9.17) is 9.47 Å². The molecule has 3 atom stereocenters. The Balaban J connectivity index is 1.45. The van der Waals surface area contributed by atoms with Crippen molar-refractivity contribution >= 4 is 11.9 Å². The lowest BCUT2D eigenvalue weighted by Gasteiger charge is -2.20. The molecule has 0 saturated heterocycles. The van der Waals surface area contributed by atoms with E-state index in [0.717, 1.165) is 36.7 Å². The van der Waals surface area contributed by atoms with Crippen LogP contribution < -0.4 is 0 Å². The largest absolute Gasteiger partial charge is 0.466 e. The van der Waals surface area contributed by atoms with Gasteiger partial charge < -0.3 is 9.47 Å². The van der Waals surface area contributed by atoms with Crippen LogP contribution >= 0.6 is 0 Å². The summed E-state index contributed by atoms with van der Waals surface area (Å²) in [7, 11) is 0. The maximum atomic E-state index is 11.7. The molecule has 0 N–H and O–H groups in total. The number of hydrogen-bond donors (Lipinski definition) is 0. The molecule has 0 radical (unpaired) electrons. The summed E-state index contributed by atoms with van der Waals surface area (Å²) in [5.74, 6) is 2.09. The molecule has 0 amide bonds. The molecule has 4 nitrogen and oxygen atoms in total. The smallest absolute Gasteiger partial charge is 0.330 e. The van der Waals surface area contributed by atoms with Crippen molar-refractivity contribution in [3.8, 4) is 0 Å². The van der Waals surface area contributed by atoms with Crippen LogP contribution in [0.15, 0.2) is 12.7 Å². The van der Waals surface area contributed by atoms with E-state index in [2.05, 4.69) is 6.58 Å². The lowest BCUT2D eigenvalue weighted by atomic mass is 9.85. The molecule has 2 aliphatic rings. The maximum absolute atomic E-state index is 11.7. The molecule has 0 aromatic rings. The Bertz CT molecular complexity index is 377. The molecule has 2 fully saturated rings. The van der Waals surface area contributed by atoms with Crippen molar-refractivity contribution in [3.63, 3.8) is 0 Å². The minimum Gasteiger partial charge on any atom is -0.466 e. The Kier molecular flexibility index (Phi) is 6.27. The van der Waals surface area contributed by atoms with Crippen LogP contribution in [0.3, 0.4) is 0 Å². The molecule has 2 aliphatic carbocycles. The van der Waals surface area contributed by atoms with Gasteiger partial charge in [0.05, 0.1) is 13.2 Å². The Morgan fingerprint density at radius 1 is 1.10 bits per heavy atom. The van der Waals surface area contributed by atoms with Crippen molar-refractivity contribution in [3.05, 3.63) is 12.7 Å². The third-order valence-corrected chi connectivity index (χ3v) is 4.82. The standard InChI is InChI=1S/C17H26O4/c1-2-16(18)20-9-3-4-10-21-17(19)8-7-15-12-13-5-6-14(15)11-13/h2,13-15H,1,3-12H2. The van der Waals surface area contributed by atoms with Gasteiger partial charge in [0.2, 0.25) is 0 Å². The number of rotatable bonds is 9. The Labute approximate surface area is 126 Å². The molecule has 2 rings (SSSR count). The van der Waals surface area contributed by atoms with Crippen LogP contribution in [0.5, 0.6) is 0 Å². The average Bonchev–Trinajstić information content (AvgIpc) is 3.11. The molecular formula is C17H26O4. The summed E-state index contributed by atoms with van der Waals surface area (Å²) in [6, 6.07) is 0.